The summed E-state index contributed by atoms with van der Waals surface area (Å²) in [7, 11) is 1.25. The molecule has 0 bridgehead atoms. The van der Waals surface area contributed by atoms with Gasteiger partial charge in [0.1, 0.15) is 6.17 Å². The maximum Gasteiger partial charge on any atom is 0.490 e. The minimum absolute atomic E-state index is 0.0300. The first kappa shape index (κ1) is 35.0. The van der Waals surface area contributed by atoms with Crippen molar-refractivity contribution in [1.82, 2.24) is 26.1 Å². The molecular weight excluding hydrogens is 698 g/mol. The second kappa shape index (κ2) is 15.5. The minimum atomic E-state index is -5.08. The van der Waals surface area contributed by atoms with Crippen LogP contribution in [0.25, 0.3) is 10.9 Å². The molecule has 0 spiro atoms. The molecule has 3 aromatic rings. The molecule has 19 heteroatoms. The number of aromatic amines is 1. The number of hydrogen-bond acceptors (Lipinski definition) is 9. The van der Waals surface area contributed by atoms with Crippen LogP contribution in [0.1, 0.15) is 28.4 Å². The zero-order chi connectivity index (χ0) is 33.3. The number of guanidine groups is 1. The van der Waals surface area contributed by atoms with Crippen LogP contribution < -0.4 is 21.3 Å². The van der Waals surface area contributed by atoms with Gasteiger partial charge in [0.05, 0.1) is 56.6 Å². The Morgan fingerprint density at radius 2 is 1.91 bits per heavy atom. The lowest BCUT2D eigenvalue weighted by atomic mass is 10.0. The molecule has 0 radical (unpaired) electrons. The number of methoxy groups -OCH3 is 1. The first-order chi connectivity index (χ1) is 21.2. The summed E-state index contributed by atoms with van der Waals surface area (Å²) in [4.78, 5) is 50.6. The van der Waals surface area contributed by atoms with E-state index in [9.17, 15) is 31.9 Å². The summed E-state index contributed by atoms with van der Waals surface area (Å²) in [5.74, 6) is -3.94. The molecule has 1 unspecified atom stereocenters. The maximum atomic E-state index is 13.4. The van der Waals surface area contributed by atoms with Crippen molar-refractivity contribution in [3.05, 3.63) is 57.2 Å². The number of anilines is 1. The molecule has 2 amide bonds. The van der Waals surface area contributed by atoms with Gasteiger partial charge in [0, 0.05) is 20.4 Å². The van der Waals surface area contributed by atoms with Crippen LogP contribution in [0.5, 0.6) is 0 Å². The number of carboxylic acids is 1. The molecule has 13 nitrogen and oxygen atoms in total. The number of nitrogens with zero attached hydrogens (tertiary/aromatic N) is 2. The van der Waals surface area contributed by atoms with Crippen LogP contribution in [0, 0.1) is 0 Å². The molecular formula is C26H25BrClF4N7O6. The van der Waals surface area contributed by atoms with Gasteiger partial charge in [0.25, 0.3) is 5.91 Å². The summed E-state index contributed by atoms with van der Waals surface area (Å²) < 4.78 is 50.5. The molecule has 0 saturated carbocycles. The van der Waals surface area contributed by atoms with Gasteiger partial charge in [-0.1, -0.05) is 27.5 Å². The lowest BCUT2D eigenvalue weighted by Gasteiger charge is -2.20. The Kier molecular flexibility index (Phi) is 12.1. The first-order valence-electron chi connectivity index (χ1n) is 12.7. The molecule has 0 saturated heterocycles. The van der Waals surface area contributed by atoms with Crippen LogP contribution in [0.3, 0.4) is 0 Å². The van der Waals surface area contributed by atoms with E-state index in [-0.39, 0.29) is 31.6 Å². The molecule has 6 N–H and O–H groups in total. The predicted molar refractivity (Wildman–Crippen MR) is 158 cm³/mol. The number of aliphatic imine (C=N–C) groups is 1. The molecule has 0 fully saturated rings. The topological polar surface area (TPSA) is 187 Å². The fourth-order valence-electron chi connectivity index (χ4n) is 3.80. The van der Waals surface area contributed by atoms with E-state index in [1.54, 1.807) is 36.5 Å². The van der Waals surface area contributed by atoms with Crippen molar-refractivity contribution in [1.29, 1.82) is 0 Å². The summed E-state index contributed by atoms with van der Waals surface area (Å²) in [6.07, 6.45) is -4.69. The quantitative estimate of drug-likeness (QED) is 0.150. The van der Waals surface area contributed by atoms with Crippen molar-refractivity contribution in [3.8, 4) is 0 Å². The Morgan fingerprint density at radius 3 is 2.51 bits per heavy atom. The third-order valence-electron chi connectivity index (χ3n) is 5.89. The Labute approximate surface area is 265 Å². The van der Waals surface area contributed by atoms with Crippen LogP contribution in [-0.4, -0.2) is 84.1 Å². The Balaban J connectivity index is 0.000000707. The maximum absolute atomic E-state index is 13.4. The average molecular weight is 723 g/mol. The minimum Gasteiger partial charge on any atom is -0.475 e. The smallest absolute Gasteiger partial charge is 0.475 e. The van der Waals surface area contributed by atoms with E-state index in [0.717, 1.165) is 0 Å². The molecule has 2 aromatic carbocycles. The largest absolute Gasteiger partial charge is 0.490 e. The summed E-state index contributed by atoms with van der Waals surface area (Å²) in [6, 6.07) is 7.49. The van der Waals surface area contributed by atoms with Gasteiger partial charge < -0.3 is 31.1 Å². The number of halogens is 6. The van der Waals surface area contributed by atoms with Crippen LogP contribution >= 0.6 is 27.5 Å². The van der Waals surface area contributed by atoms with Gasteiger partial charge in [-0.15, -0.1) is 0 Å². The predicted octanol–water partition coefficient (Wildman–Crippen LogP) is 3.47. The van der Waals surface area contributed by atoms with Crippen molar-refractivity contribution < 1.29 is 46.6 Å². The van der Waals surface area contributed by atoms with E-state index in [4.69, 9.17) is 26.2 Å². The molecule has 2 heterocycles. The van der Waals surface area contributed by atoms with E-state index >= 15 is 0 Å². The Hall–Kier alpha value is -4.45. The molecule has 2 atom stereocenters. The number of H-pyrrole nitrogens is 1. The van der Waals surface area contributed by atoms with Crippen LogP contribution in [0.15, 0.2) is 46.0 Å². The highest BCUT2D eigenvalue weighted by Crippen LogP contribution is 2.27. The van der Waals surface area contributed by atoms with Gasteiger partial charge in [0.2, 0.25) is 5.91 Å². The molecule has 4 rings (SSSR count). The van der Waals surface area contributed by atoms with Crippen molar-refractivity contribution >= 4 is 73.8 Å². The van der Waals surface area contributed by atoms with Crippen molar-refractivity contribution in [2.45, 2.75) is 24.8 Å². The highest BCUT2D eigenvalue weighted by Gasteiger charge is 2.38. The lowest BCUT2D eigenvalue weighted by molar-refractivity contribution is -0.192. The van der Waals surface area contributed by atoms with Crippen LogP contribution in [-0.2, 0) is 19.1 Å². The van der Waals surface area contributed by atoms with Gasteiger partial charge >= 0.3 is 18.1 Å². The molecule has 1 aliphatic rings. The Bertz CT molecular complexity index is 1580. The molecule has 45 heavy (non-hydrogen) atoms. The number of amides is 2. The van der Waals surface area contributed by atoms with Crippen molar-refractivity contribution in [2.75, 3.05) is 32.1 Å². The molecule has 242 valence electrons. The van der Waals surface area contributed by atoms with Gasteiger partial charge in [-0.25, -0.2) is 14.2 Å². The third kappa shape index (κ3) is 10.6. The molecule has 0 aliphatic carbocycles. The van der Waals surface area contributed by atoms with E-state index in [1.807, 2.05) is 0 Å². The SMILES string of the molecule is COC(=O)C[C@H](NC(=O)CNC(=O)c1cc(NC2=NCC(F)CN2)c2cn[nH]c2c1)c1cc(Cl)cc(Br)c1.O=C(O)C(F)(F)F. The zero-order valence-corrected chi connectivity index (χ0v) is 25.4. The highest BCUT2D eigenvalue weighted by atomic mass is 79.9. The number of esters is 1. The van der Waals surface area contributed by atoms with Crippen LogP contribution in [0.2, 0.25) is 5.02 Å². The first-order valence-corrected chi connectivity index (χ1v) is 13.9. The normalized spacial score (nSPS) is 15.0. The molecule has 1 aromatic heterocycles. The summed E-state index contributed by atoms with van der Waals surface area (Å²) in [6.45, 7) is -0.199. The average Bonchev–Trinajstić information content (AvgIpc) is 3.45. The summed E-state index contributed by atoms with van der Waals surface area (Å²) in [5, 5.41) is 26.3. The van der Waals surface area contributed by atoms with Crippen LogP contribution in [0.4, 0.5) is 23.2 Å². The van der Waals surface area contributed by atoms with Gasteiger partial charge in [-0.05, 0) is 35.9 Å². The molecule has 1 aliphatic heterocycles. The zero-order valence-electron chi connectivity index (χ0n) is 23.1. The lowest BCUT2D eigenvalue weighted by Crippen LogP contribution is -2.41. The van der Waals surface area contributed by atoms with E-state index in [0.29, 0.717) is 37.6 Å². The van der Waals surface area contributed by atoms with Gasteiger partial charge in [0.15, 0.2) is 5.96 Å². The van der Waals surface area contributed by atoms with E-state index in [2.05, 4.69) is 52.4 Å². The monoisotopic (exact) mass is 721 g/mol. The van der Waals surface area contributed by atoms with Crippen molar-refractivity contribution in [2.24, 2.45) is 4.99 Å². The summed E-state index contributed by atoms with van der Waals surface area (Å²) >= 11 is 9.48. The number of carbonyl (C=O) groups excluding carboxylic acids is 3. The number of aromatic nitrogens is 2. The number of rotatable bonds is 8. The van der Waals surface area contributed by atoms with Gasteiger partial charge in [-0.3, -0.25) is 19.5 Å². The summed E-state index contributed by atoms with van der Waals surface area (Å²) in [5.41, 5.74) is 1.95. The number of nitrogens with one attached hydrogen (secondary N) is 5. The van der Waals surface area contributed by atoms with Crippen molar-refractivity contribution in [3.63, 3.8) is 0 Å². The number of carboxylic acid groups (broad SMARTS) is 1. The second-order valence-electron chi connectivity index (χ2n) is 9.24. The number of ether oxygens (including phenoxy) is 1. The van der Waals surface area contributed by atoms with E-state index < -0.39 is 42.1 Å². The van der Waals surface area contributed by atoms with Gasteiger partial charge in [-0.2, -0.15) is 18.3 Å². The fourth-order valence-corrected chi connectivity index (χ4v) is 4.69. The number of carbonyl (C=O) groups is 4. The number of benzene rings is 2. The number of fused-ring (bicyclic) bond motifs is 1. The standard InChI is InChI=1S/C24H24BrClFN7O4.C2HF3O2/c1-38-22(36)7-18(12-2-14(25)6-15(26)3-12)32-21(35)11-28-23(37)13-4-19(17-10-31-34-20(17)5-13)33-24-29-8-16(27)9-30-24;3-2(4,5)1(6)7/h2-6,10,16,18H,7-9,11H2,1H3,(H,28,37)(H,31,34)(H,32,35)(H2,29,30,33);(H,6,7)/t18-;/m0./s1. The number of aliphatic carboxylic acids is 1. The second-order valence-corrected chi connectivity index (χ2v) is 10.6. The fraction of sp³-hybridized carbons (Fsp3) is 0.308. The third-order valence-corrected chi connectivity index (χ3v) is 6.56. The Morgan fingerprint density at radius 1 is 1.20 bits per heavy atom. The highest BCUT2D eigenvalue weighted by molar-refractivity contribution is 9.10. The number of alkyl halides is 4. The van der Waals surface area contributed by atoms with E-state index in [1.165, 1.54) is 7.11 Å². The number of hydrogen-bond donors (Lipinski definition) is 6.